The molecule has 1 unspecified atom stereocenters. The minimum atomic E-state index is 0.202. The smallest absolute Gasteiger partial charge is 0.225 e. The van der Waals surface area contributed by atoms with Crippen molar-refractivity contribution in [3.05, 3.63) is 18.0 Å². The Hall–Kier alpha value is -1.20. The predicted molar refractivity (Wildman–Crippen MR) is 67.0 cm³/mol. The summed E-state index contributed by atoms with van der Waals surface area (Å²) in [7, 11) is 0. The molecule has 0 aromatic carbocycles. The highest BCUT2D eigenvalue weighted by Gasteiger charge is 2.13. The standard InChI is InChI=1S/C12H20N4O/c1-2-11(13)7-10-8-14-12(15-9-10)16-3-5-17-6-4-16/h8-9,11H,2-7,13H2,1H3. The van der Waals surface area contributed by atoms with Crippen molar-refractivity contribution >= 4 is 5.95 Å². The Kier molecular flexibility index (Phi) is 4.28. The molecule has 2 heterocycles. The second-order valence-corrected chi connectivity index (χ2v) is 4.36. The first kappa shape index (κ1) is 12.3. The molecule has 0 amide bonds. The van der Waals surface area contributed by atoms with Crippen molar-refractivity contribution in [2.45, 2.75) is 25.8 Å². The number of nitrogens with two attached hydrogens (primary N) is 1. The Bertz CT molecular complexity index is 335. The maximum absolute atomic E-state index is 5.90. The molecule has 94 valence electrons. The van der Waals surface area contributed by atoms with Gasteiger partial charge in [-0.2, -0.15) is 0 Å². The zero-order valence-corrected chi connectivity index (χ0v) is 10.3. The van der Waals surface area contributed by atoms with Crippen molar-refractivity contribution in [3.8, 4) is 0 Å². The summed E-state index contributed by atoms with van der Waals surface area (Å²) in [5.74, 6) is 0.794. The van der Waals surface area contributed by atoms with Gasteiger partial charge in [-0.15, -0.1) is 0 Å². The van der Waals surface area contributed by atoms with Gasteiger partial charge in [-0.25, -0.2) is 9.97 Å². The van der Waals surface area contributed by atoms with Crippen LogP contribution < -0.4 is 10.6 Å². The number of aromatic nitrogens is 2. The zero-order chi connectivity index (χ0) is 12.1. The number of rotatable bonds is 4. The average Bonchev–Trinajstić information content (AvgIpc) is 2.40. The van der Waals surface area contributed by atoms with Gasteiger partial charge in [0.05, 0.1) is 13.2 Å². The Morgan fingerprint density at radius 1 is 1.35 bits per heavy atom. The highest BCUT2D eigenvalue weighted by Crippen LogP contribution is 2.10. The molecule has 0 saturated carbocycles. The molecular weight excluding hydrogens is 216 g/mol. The highest BCUT2D eigenvalue weighted by molar-refractivity contribution is 5.30. The lowest BCUT2D eigenvalue weighted by Crippen LogP contribution is -2.37. The molecule has 1 saturated heterocycles. The van der Waals surface area contributed by atoms with Crippen LogP contribution in [0.5, 0.6) is 0 Å². The first-order valence-corrected chi connectivity index (χ1v) is 6.18. The maximum Gasteiger partial charge on any atom is 0.225 e. The molecule has 0 bridgehead atoms. The molecule has 1 aromatic heterocycles. The first-order valence-electron chi connectivity index (χ1n) is 6.18. The lowest BCUT2D eigenvalue weighted by atomic mass is 10.1. The number of nitrogens with zero attached hydrogens (tertiary/aromatic N) is 3. The first-order chi connectivity index (χ1) is 8.29. The van der Waals surface area contributed by atoms with Crippen molar-refractivity contribution in [3.63, 3.8) is 0 Å². The molecule has 1 atom stereocenters. The van der Waals surface area contributed by atoms with E-state index < -0.39 is 0 Å². The van der Waals surface area contributed by atoms with Crippen molar-refractivity contribution < 1.29 is 4.74 Å². The normalized spacial score (nSPS) is 18.1. The molecule has 0 spiro atoms. The third kappa shape index (κ3) is 3.38. The molecule has 17 heavy (non-hydrogen) atoms. The van der Waals surface area contributed by atoms with Crippen LogP contribution in [0, 0.1) is 0 Å². The van der Waals surface area contributed by atoms with E-state index in [-0.39, 0.29) is 6.04 Å². The molecular formula is C12H20N4O. The third-order valence-electron chi connectivity index (χ3n) is 3.01. The SMILES string of the molecule is CCC(N)Cc1cnc(N2CCOCC2)nc1. The van der Waals surface area contributed by atoms with Crippen molar-refractivity contribution in [2.24, 2.45) is 5.73 Å². The predicted octanol–water partition coefficient (Wildman–Crippen LogP) is 0.593. The summed E-state index contributed by atoms with van der Waals surface area (Å²) in [5.41, 5.74) is 7.01. The molecule has 2 rings (SSSR count). The molecule has 5 nitrogen and oxygen atoms in total. The van der Waals surface area contributed by atoms with Crippen LogP contribution in [0.3, 0.4) is 0 Å². The van der Waals surface area contributed by atoms with Crippen LogP contribution in [0.15, 0.2) is 12.4 Å². The summed E-state index contributed by atoms with van der Waals surface area (Å²) in [4.78, 5) is 10.9. The summed E-state index contributed by atoms with van der Waals surface area (Å²) < 4.78 is 5.30. The molecule has 0 aliphatic carbocycles. The fourth-order valence-corrected chi connectivity index (χ4v) is 1.83. The molecule has 2 N–H and O–H groups in total. The van der Waals surface area contributed by atoms with Gasteiger partial charge in [0.1, 0.15) is 0 Å². The van der Waals surface area contributed by atoms with Crippen LogP contribution in [-0.4, -0.2) is 42.3 Å². The number of ether oxygens (including phenoxy) is 1. The molecule has 0 radical (unpaired) electrons. The molecule has 1 aliphatic rings. The van der Waals surface area contributed by atoms with Gasteiger partial charge >= 0.3 is 0 Å². The average molecular weight is 236 g/mol. The monoisotopic (exact) mass is 236 g/mol. The summed E-state index contributed by atoms with van der Waals surface area (Å²) in [6, 6.07) is 0.202. The van der Waals surface area contributed by atoms with Gasteiger partial charge in [0.15, 0.2) is 0 Å². The second-order valence-electron chi connectivity index (χ2n) is 4.36. The highest BCUT2D eigenvalue weighted by atomic mass is 16.5. The maximum atomic E-state index is 5.90. The van der Waals surface area contributed by atoms with Gasteiger partial charge in [0, 0.05) is 31.5 Å². The van der Waals surface area contributed by atoms with Gasteiger partial charge in [0.25, 0.3) is 0 Å². The zero-order valence-electron chi connectivity index (χ0n) is 10.3. The minimum Gasteiger partial charge on any atom is -0.378 e. The van der Waals surface area contributed by atoms with E-state index in [2.05, 4.69) is 21.8 Å². The number of morpholine rings is 1. The molecule has 1 aromatic rings. The van der Waals surface area contributed by atoms with Gasteiger partial charge in [-0.1, -0.05) is 6.92 Å². The molecule has 1 fully saturated rings. The Labute approximate surface area is 102 Å². The lowest BCUT2D eigenvalue weighted by molar-refractivity contribution is 0.122. The second kappa shape index (κ2) is 5.93. The van der Waals surface area contributed by atoms with Gasteiger partial charge in [0.2, 0.25) is 5.95 Å². The lowest BCUT2D eigenvalue weighted by Gasteiger charge is -2.26. The van der Waals surface area contributed by atoms with Gasteiger partial charge in [-0.3, -0.25) is 0 Å². The molecule has 5 heteroatoms. The summed E-state index contributed by atoms with van der Waals surface area (Å²) >= 11 is 0. The van der Waals surface area contributed by atoms with Crippen LogP contribution in [0.2, 0.25) is 0 Å². The van der Waals surface area contributed by atoms with Gasteiger partial charge < -0.3 is 15.4 Å². The fourth-order valence-electron chi connectivity index (χ4n) is 1.83. The Morgan fingerprint density at radius 3 is 2.59 bits per heavy atom. The topological polar surface area (TPSA) is 64.3 Å². The Morgan fingerprint density at radius 2 is 2.00 bits per heavy atom. The van der Waals surface area contributed by atoms with E-state index in [0.717, 1.165) is 50.7 Å². The van der Waals surface area contributed by atoms with Crippen LogP contribution in [0.1, 0.15) is 18.9 Å². The number of hydrogen-bond acceptors (Lipinski definition) is 5. The summed E-state index contributed by atoms with van der Waals surface area (Å²) in [6.07, 6.45) is 5.59. The molecule has 1 aliphatic heterocycles. The van der Waals surface area contributed by atoms with E-state index in [1.165, 1.54) is 0 Å². The summed E-state index contributed by atoms with van der Waals surface area (Å²) in [6.45, 7) is 5.34. The van der Waals surface area contributed by atoms with Crippen LogP contribution >= 0.6 is 0 Å². The van der Waals surface area contributed by atoms with E-state index >= 15 is 0 Å². The van der Waals surface area contributed by atoms with Crippen molar-refractivity contribution in [1.82, 2.24) is 9.97 Å². The van der Waals surface area contributed by atoms with E-state index in [9.17, 15) is 0 Å². The van der Waals surface area contributed by atoms with Crippen molar-refractivity contribution in [1.29, 1.82) is 0 Å². The number of anilines is 1. The van der Waals surface area contributed by atoms with E-state index in [1.54, 1.807) is 0 Å². The summed E-state index contributed by atoms with van der Waals surface area (Å²) in [5, 5.41) is 0. The van der Waals surface area contributed by atoms with Crippen LogP contribution in [0.25, 0.3) is 0 Å². The number of hydrogen-bond donors (Lipinski definition) is 1. The van der Waals surface area contributed by atoms with Crippen molar-refractivity contribution in [2.75, 3.05) is 31.2 Å². The van der Waals surface area contributed by atoms with Gasteiger partial charge in [-0.05, 0) is 18.4 Å². The Balaban J connectivity index is 1.97. The third-order valence-corrected chi connectivity index (χ3v) is 3.01. The quantitative estimate of drug-likeness (QED) is 0.829. The van der Waals surface area contributed by atoms with E-state index in [0.29, 0.717) is 0 Å². The van der Waals surface area contributed by atoms with E-state index in [4.69, 9.17) is 10.5 Å². The largest absolute Gasteiger partial charge is 0.378 e. The van der Waals surface area contributed by atoms with Crippen LogP contribution in [-0.2, 0) is 11.2 Å². The fraction of sp³-hybridized carbons (Fsp3) is 0.667. The minimum absolute atomic E-state index is 0.202. The van der Waals surface area contributed by atoms with Crippen LogP contribution in [0.4, 0.5) is 5.95 Å². The van der Waals surface area contributed by atoms with E-state index in [1.807, 2.05) is 12.4 Å².